The first kappa shape index (κ1) is 22.1. The molecule has 3 nitrogen and oxygen atoms in total. The van der Waals surface area contributed by atoms with E-state index in [-0.39, 0.29) is 5.41 Å². The summed E-state index contributed by atoms with van der Waals surface area (Å²) in [7, 11) is 0. The Morgan fingerprint density at radius 3 is 1.56 bits per heavy atom. The van der Waals surface area contributed by atoms with Gasteiger partial charge >= 0.3 is 0 Å². The molecule has 0 atom stereocenters. The first-order valence-electron chi connectivity index (χ1n) is 13.4. The zero-order valence-corrected chi connectivity index (χ0v) is 21.8. The van der Waals surface area contributed by atoms with E-state index in [0.29, 0.717) is 5.82 Å². The van der Waals surface area contributed by atoms with E-state index in [1.54, 1.807) is 12.7 Å². The number of fused-ring (bicyclic) bond motifs is 7. The zero-order valence-electron chi connectivity index (χ0n) is 21.8. The second kappa shape index (κ2) is 8.05. The van der Waals surface area contributed by atoms with Gasteiger partial charge in [-0.1, -0.05) is 111 Å². The minimum absolute atomic E-state index is 0.0961. The SMILES string of the molecule is CC1(C)c2ccccc2-c2c1cc(-c1c3ccccc3c(-c3ncncn3)c3ccccc13)c1ccccc21. The van der Waals surface area contributed by atoms with Gasteiger partial charge in [0.15, 0.2) is 5.82 Å². The highest BCUT2D eigenvalue weighted by molar-refractivity contribution is 6.24. The Labute approximate surface area is 226 Å². The molecule has 6 aromatic carbocycles. The number of hydrogen-bond donors (Lipinski definition) is 0. The maximum Gasteiger partial charge on any atom is 0.163 e. The predicted molar refractivity (Wildman–Crippen MR) is 161 cm³/mol. The number of nitrogens with zero attached hydrogens (tertiary/aromatic N) is 3. The van der Waals surface area contributed by atoms with Crippen molar-refractivity contribution in [2.45, 2.75) is 19.3 Å². The first-order chi connectivity index (χ1) is 19.1. The van der Waals surface area contributed by atoms with E-state index in [0.717, 1.165) is 16.3 Å². The Balaban J connectivity index is 1.57. The average molecular weight is 500 g/mol. The Morgan fingerprint density at radius 2 is 0.949 bits per heavy atom. The van der Waals surface area contributed by atoms with Crippen LogP contribution in [0.3, 0.4) is 0 Å². The molecule has 184 valence electrons. The molecule has 1 heterocycles. The van der Waals surface area contributed by atoms with Crippen LogP contribution in [0.2, 0.25) is 0 Å². The largest absolute Gasteiger partial charge is 0.225 e. The molecule has 39 heavy (non-hydrogen) atoms. The summed E-state index contributed by atoms with van der Waals surface area (Å²) in [4.78, 5) is 13.2. The van der Waals surface area contributed by atoms with Crippen molar-refractivity contribution in [3.8, 4) is 33.6 Å². The van der Waals surface area contributed by atoms with Gasteiger partial charge in [0.25, 0.3) is 0 Å². The summed E-state index contributed by atoms with van der Waals surface area (Å²) >= 11 is 0. The summed E-state index contributed by atoms with van der Waals surface area (Å²) < 4.78 is 0. The van der Waals surface area contributed by atoms with E-state index in [9.17, 15) is 0 Å². The molecule has 1 aliphatic carbocycles. The van der Waals surface area contributed by atoms with Crippen LogP contribution in [0, 0.1) is 0 Å². The van der Waals surface area contributed by atoms with Crippen molar-refractivity contribution >= 4 is 32.3 Å². The van der Waals surface area contributed by atoms with Crippen LogP contribution in [0.25, 0.3) is 66.0 Å². The Kier molecular flexibility index (Phi) is 4.57. The van der Waals surface area contributed by atoms with E-state index >= 15 is 0 Å². The van der Waals surface area contributed by atoms with Gasteiger partial charge in [-0.05, 0) is 71.8 Å². The van der Waals surface area contributed by atoms with Crippen molar-refractivity contribution < 1.29 is 0 Å². The fourth-order valence-corrected chi connectivity index (χ4v) is 6.78. The lowest BCUT2D eigenvalue weighted by atomic mass is 9.79. The first-order valence-corrected chi connectivity index (χ1v) is 13.4. The summed E-state index contributed by atoms with van der Waals surface area (Å²) in [6.45, 7) is 4.71. The molecule has 0 fully saturated rings. The van der Waals surface area contributed by atoms with E-state index in [1.807, 2.05) is 0 Å². The standard InChI is InChI=1S/C36H25N3/c1-36(2)30-18-10-9-17-28(30)33-23-12-4-3-11-22(23)29(19-31(33)36)32-24-13-5-7-15-26(24)34(35-38-20-37-21-39-35)27-16-8-6-14-25(27)32/h3-21H,1-2H3. The minimum atomic E-state index is -0.0961. The Bertz CT molecular complexity index is 2030. The maximum absolute atomic E-state index is 4.57. The van der Waals surface area contributed by atoms with Crippen molar-refractivity contribution in [3.63, 3.8) is 0 Å². The van der Waals surface area contributed by atoms with Gasteiger partial charge in [-0.15, -0.1) is 0 Å². The minimum Gasteiger partial charge on any atom is -0.225 e. The maximum atomic E-state index is 4.57. The predicted octanol–water partition coefficient (Wildman–Crippen LogP) is 8.97. The number of hydrogen-bond acceptors (Lipinski definition) is 3. The monoisotopic (exact) mass is 499 g/mol. The lowest BCUT2D eigenvalue weighted by Gasteiger charge is -2.24. The zero-order chi connectivity index (χ0) is 26.1. The Hall–Kier alpha value is -4.89. The van der Waals surface area contributed by atoms with E-state index in [2.05, 4.69) is 132 Å². The molecule has 3 heteroatoms. The fourth-order valence-electron chi connectivity index (χ4n) is 6.78. The van der Waals surface area contributed by atoms with E-state index < -0.39 is 0 Å². The summed E-state index contributed by atoms with van der Waals surface area (Å²) in [5, 5.41) is 7.26. The van der Waals surface area contributed by atoms with Crippen LogP contribution in [-0.2, 0) is 5.41 Å². The van der Waals surface area contributed by atoms with Crippen molar-refractivity contribution in [2.24, 2.45) is 0 Å². The van der Waals surface area contributed by atoms with Crippen molar-refractivity contribution in [2.75, 3.05) is 0 Å². The third-order valence-electron chi connectivity index (χ3n) is 8.51. The molecule has 1 aliphatic rings. The fraction of sp³-hybridized carbons (Fsp3) is 0.0833. The molecule has 0 saturated carbocycles. The van der Waals surface area contributed by atoms with E-state index in [4.69, 9.17) is 0 Å². The van der Waals surface area contributed by atoms with Crippen molar-refractivity contribution in [1.29, 1.82) is 0 Å². The summed E-state index contributed by atoms with van der Waals surface area (Å²) in [6, 6.07) is 37.6. The molecule has 0 saturated heterocycles. The summed E-state index contributed by atoms with van der Waals surface area (Å²) in [5.74, 6) is 0.694. The number of rotatable bonds is 2. The number of benzene rings is 6. The molecule has 0 radical (unpaired) electrons. The molecule has 8 rings (SSSR count). The molecular formula is C36H25N3. The topological polar surface area (TPSA) is 38.7 Å². The molecule has 7 aromatic rings. The van der Waals surface area contributed by atoms with Crippen molar-refractivity contribution in [1.82, 2.24) is 15.0 Å². The van der Waals surface area contributed by atoms with Crippen LogP contribution in [0.1, 0.15) is 25.0 Å². The lowest BCUT2D eigenvalue weighted by molar-refractivity contribution is 0.661. The quantitative estimate of drug-likeness (QED) is 0.223. The molecule has 0 spiro atoms. The molecular weight excluding hydrogens is 474 g/mol. The third kappa shape index (κ3) is 3.01. The highest BCUT2D eigenvalue weighted by Crippen LogP contribution is 2.54. The van der Waals surface area contributed by atoms with Crippen LogP contribution in [-0.4, -0.2) is 15.0 Å². The summed E-state index contributed by atoms with van der Waals surface area (Å²) in [5.41, 5.74) is 8.95. The van der Waals surface area contributed by atoms with E-state index in [1.165, 1.54) is 54.9 Å². The molecule has 0 N–H and O–H groups in total. The molecule has 0 amide bonds. The van der Waals surface area contributed by atoms with Gasteiger partial charge in [0.2, 0.25) is 0 Å². The normalized spacial score (nSPS) is 13.6. The van der Waals surface area contributed by atoms with Gasteiger partial charge in [0.1, 0.15) is 12.7 Å². The highest BCUT2D eigenvalue weighted by Gasteiger charge is 2.37. The molecule has 0 unspecified atom stereocenters. The van der Waals surface area contributed by atoms with Gasteiger partial charge in [-0.2, -0.15) is 0 Å². The van der Waals surface area contributed by atoms with Gasteiger partial charge in [-0.25, -0.2) is 15.0 Å². The second-order valence-electron chi connectivity index (χ2n) is 10.9. The van der Waals surface area contributed by atoms with Crippen LogP contribution in [0.4, 0.5) is 0 Å². The third-order valence-corrected chi connectivity index (χ3v) is 8.51. The van der Waals surface area contributed by atoms with Gasteiger partial charge in [-0.3, -0.25) is 0 Å². The molecule has 0 bridgehead atoms. The number of aromatic nitrogens is 3. The van der Waals surface area contributed by atoms with Crippen LogP contribution in [0.5, 0.6) is 0 Å². The second-order valence-corrected chi connectivity index (χ2v) is 10.9. The Morgan fingerprint density at radius 1 is 0.462 bits per heavy atom. The molecule has 0 aliphatic heterocycles. The van der Waals surface area contributed by atoms with Crippen molar-refractivity contribution in [3.05, 3.63) is 127 Å². The van der Waals surface area contributed by atoms with Gasteiger partial charge in [0.05, 0.1) is 0 Å². The average Bonchev–Trinajstić information content (AvgIpc) is 3.22. The molecule has 1 aromatic heterocycles. The summed E-state index contributed by atoms with van der Waals surface area (Å²) in [6.07, 6.45) is 3.15. The van der Waals surface area contributed by atoms with Crippen LogP contribution in [0.15, 0.2) is 116 Å². The lowest BCUT2D eigenvalue weighted by Crippen LogP contribution is -2.15. The van der Waals surface area contributed by atoms with Crippen LogP contribution < -0.4 is 0 Å². The highest BCUT2D eigenvalue weighted by atomic mass is 15.0. The van der Waals surface area contributed by atoms with Crippen LogP contribution >= 0.6 is 0 Å². The van der Waals surface area contributed by atoms with Gasteiger partial charge in [0, 0.05) is 11.0 Å². The van der Waals surface area contributed by atoms with Gasteiger partial charge < -0.3 is 0 Å². The smallest absolute Gasteiger partial charge is 0.163 e.